The van der Waals surface area contributed by atoms with Crippen LogP contribution in [0.5, 0.6) is 0 Å². The summed E-state index contributed by atoms with van der Waals surface area (Å²) in [4.78, 5) is 43.6. The molecule has 1 aliphatic heterocycles. The van der Waals surface area contributed by atoms with Crippen LogP contribution in [0.2, 0.25) is 5.15 Å². The van der Waals surface area contributed by atoms with E-state index in [0.29, 0.717) is 0 Å². The number of nitrogens with zero attached hydrogens (tertiary/aromatic N) is 4. The van der Waals surface area contributed by atoms with Gasteiger partial charge in [-0.15, -0.1) is 0 Å². The molecule has 2 aromatic rings. The molecular weight excluding hydrogens is 502 g/mol. The van der Waals surface area contributed by atoms with Crippen molar-refractivity contribution < 1.29 is 136 Å². The molecule has 2 aromatic heterocycles. The Morgan fingerprint density at radius 3 is 2.37 bits per heavy atom. The molecule has 1 fully saturated rings. The Morgan fingerprint density at radius 2 is 1.77 bits per heavy atom. The molecule has 0 amide bonds. The number of phosphoric ester groups is 1. The fourth-order valence-corrected chi connectivity index (χ4v) is 4.09. The summed E-state index contributed by atoms with van der Waals surface area (Å²) in [7, 11) is -11.4. The van der Waals surface area contributed by atoms with E-state index in [0.717, 1.165) is 6.33 Å². The van der Waals surface area contributed by atoms with E-state index in [1.807, 2.05) is 0 Å². The minimum Gasteiger partial charge on any atom is -0.790 e. The number of phosphoric acid groups is 2. The molecule has 0 aromatic carbocycles. The standard InChI is InChI=1S/C10H13ClN4O10P2.3Na/c11-8-5-9(13-2-12-8)15(3-14-5)10-7(17)6(16)4(24-10)1-23-27(21,22)25-26(18,19)20;;;/h2-4,6-7,10,16-17H,1H2,(H,21,22)(H2,18,19,20);;;/q;3*+1/p-3/t4-,6-,7-,10-;;;/m1.../s1. The van der Waals surface area contributed by atoms with Gasteiger partial charge < -0.3 is 38.7 Å². The molecule has 30 heavy (non-hydrogen) atoms. The van der Waals surface area contributed by atoms with E-state index in [1.165, 1.54) is 10.9 Å². The minimum atomic E-state index is -5.85. The van der Waals surface area contributed by atoms with Crippen molar-refractivity contribution in [3.05, 3.63) is 17.8 Å². The van der Waals surface area contributed by atoms with Crippen molar-refractivity contribution in [2.75, 3.05) is 6.61 Å². The van der Waals surface area contributed by atoms with E-state index in [1.54, 1.807) is 0 Å². The van der Waals surface area contributed by atoms with E-state index in [9.17, 15) is 34.0 Å². The van der Waals surface area contributed by atoms with Gasteiger partial charge in [-0.25, -0.2) is 15.0 Å². The van der Waals surface area contributed by atoms with Crippen molar-refractivity contribution in [3.63, 3.8) is 0 Å². The molecule has 1 saturated heterocycles. The Labute approximate surface area is 240 Å². The summed E-state index contributed by atoms with van der Waals surface area (Å²) >= 11 is 5.87. The third kappa shape index (κ3) is 7.76. The van der Waals surface area contributed by atoms with Crippen molar-refractivity contribution >= 4 is 38.4 Å². The van der Waals surface area contributed by atoms with Gasteiger partial charge in [0.25, 0.3) is 7.82 Å². The van der Waals surface area contributed by atoms with Crippen LogP contribution in [0, 0.1) is 0 Å². The Hall–Kier alpha value is 1.98. The maximum Gasteiger partial charge on any atom is 1.00 e. The monoisotopic (exact) mass is 512 g/mol. The number of ether oxygens (including phenoxy) is 1. The van der Waals surface area contributed by atoms with Crippen LogP contribution in [0.1, 0.15) is 6.23 Å². The summed E-state index contributed by atoms with van der Waals surface area (Å²) in [6.07, 6.45) is -3.50. The quantitative estimate of drug-likeness (QED) is 0.209. The Morgan fingerprint density at radius 1 is 1.13 bits per heavy atom. The van der Waals surface area contributed by atoms with Crippen LogP contribution in [-0.2, 0) is 22.7 Å². The molecule has 0 bridgehead atoms. The van der Waals surface area contributed by atoms with Crippen LogP contribution < -0.4 is 103 Å². The molecule has 2 N–H and O–H groups in total. The smallest absolute Gasteiger partial charge is 0.790 e. The van der Waals surface area contributed by atoms with Gasteiger partial charge in [0.1, 0.15) is 30.2 Å². The largest absolute Gasteiger partial charge is 1.00 e. The number of rotatable bonds is 6. The second-order valence-corrected chi connectivity index (χ2v) is 8.36. The number of hydrogen-bond acceptors (Lipinski definition) is 13. The summed E-state index contributed by atoms with van der Waals surface area (Å²) in [6.45, 7) is -0.933. The maximum atomic E-state index is 11.3. The first kappa shape index (κ1) is 32.0. The summed E-state index contributed by atoms with van der Waals surface area (Å²) < 4.78 is 35.7. The van der Waals surface area contributed by atoms with Gasteiger partial charge in [0, 0.05) is 0 Å². The SMILES string of the molecule is O=P([O-])([O-])OP(=O)([O-])OC[C@H]1O[C@@H](n2cnc3c(Cl)ncnc32)[C@H](O)[C@@H]1O.[Na+].[Na+].[Na+]. The third-order valence-corrected chi connectivity index (χ3v) is 5.86. The van der Waals surface area contributed by atoms with Gasteiger partial charge in [-0.05, 0) is 0 Å². The summed E-state index contributed by atoms with van der Waals surface area (Å²) in [6, 6.07) is 0. The zero-order valence-corrected chi connectivity index (χ0v) is 24.4. The molecule has 3 heterocycles. The molecule has 0 saturated carbocycles. The maximum absolute atomic E-state index is 11.3. The molecule has 3 rings (SSSR count). The second kappa shape index (κ2) is 12.6. The van der Waals surface area contributed by atoms with Crippen molar-refractivity contribution in [2.24, 2.45) is 0 Å². The fourth-order valence-electron chi connectivity index (χ4n) is 2.42. The van der Waals surface area contributed by atoms with Crippen LogP contribution in [0.4, 0.5) is 0 Å². The molecule has 1 aliphatic rings. The number of hydrogen-bond donors (Lipinski definition) is 2. The molecule has 20 heteroatoms. The first-order valence-electron chi connectivity index (χ1n) is 7.02. The van der Waals surface area contributed by atoms with Gasteiger partial charge in [-0.2, -0.15) is 0 Å². The van der Waals surface area contributed by atoms with Crippen LogP contribution in [0.15, 0.2) is 12.7 Å². The number of aliphatic hydroxyl groups is 2. The molecule has 14 nitrogen and oxygen atoms in total. The van der Waals surface area contributed by atoms with E-state index in [2.05, 4.69) is 23.8 Å². The third-order valence-electron chi connectivity index (χ3n) is 3.52. The van der Waals surface area contributed by atoms with Crippen molar-refractivity contribution in [1.29, 1.82) is 0 Å². The number of fused-ring (bicyclic) bond motifs is 1. The molecule has 0 radical (unpaired) electrons. The average molecular weight is 513 g/mol. The van der Waals surface area contributed by atoms with Crippen LogP contribution >= 0.6 is 27.2 Å². The predicted octanol–water partition coefficient (Wildman–Crippen LogP) is -11.6. The first-order chi connectivity index (χ1) is 12.5. The first-order valence-corrected chi connectivity index (χ1v) is 10.3. The molecule has 150 valence electrons. The number of halogens is 1. The molecule has 0 spiro atoms. The van der Waals surface area contributed by atoms with E-state index < -0.39 is 46.8 Å². The Balaban J connectivity index is 0.00000280. The zero-order valence-electron chi connectivity index (χ0n) is 15.9. The topological polar surface area (TPSA) is 215 Å². The van der Waals surface area contributed by atoms with Gasteiger partial charge in [0.2, 0.25) is 0 Å². The second-order valence-electron chi connectivity index (χ2n) is 5.31. The molecule has 0 aliphatic carbocycles. The van der Waals surface area contributed by atoms with Gasteiger partial charge in [-0.1, -0.05) is 11.6 Å². The van der Waals surface area contributed by atoms with Crippen LogP contribution in [0.25, 0.3) is 11.2 Å². The van der Waals surface area contributed by atoms with Gasteiger partial charge in [0.15, 0.2) is 17.0 Å². The fraction of sp³-hybridized carbons (Fsp3) is 0.500. The summed E-state index contributed by atoms with van der Waals surface area (Å²) in [5.41, 5.74) is 0.368. The number of aliphatic hydroxyl groups excluding tert-OH is 2. The molecular formula is C10H10ClN4Na3O10P2. The van der Waals surface area contributed by atoms with Crippen molar-refractivity contribution in [2.45, 2.75) is 24.5 Å². The van der Waals surface area contributed by atoms with Crippen LogP contribution in [-0.4, -0.2) is 54.7 Å². The van der Waals surface area contributed by atoms with Gasteiger partial charge >= 0.3 is 88.7 Å². The summed E-state index contributed by atoms with van der Waals surface area (Å²) in [5.74, 6) is 0. The van der Waals surface area contributed by atoms with Gasteiger partial charge in [0.05, 0.1) is 20.8 Å². The molecule has 5 atom stereocenters. The number of imidazole rings is 1. The van der Waals surface area contributed by atoms with Gasteiger partial charge in [-0.3, -0.25) is 13.4 Å². The normalized spacial score (nSPS) is 25.7. The van der Waals surface area contributed by atoms with Crippen molar-refractivity contribution in [3.8, 4) is 0 Å². The van der Waals surface area contributed by atoms with Crippen LogP contribution in [0.3, 0.4) is 0 Å². The zero-order chi connectivity index (χ0) is 20.0. The Kier molecular flexibility index (Phi) is 13.4. The van der Waals surface area contributed by atoms with E-state index in [-0.39, 0.29) is 105 Å². The summed E-state index contributed by atoms with van der Waals surface area (Å²) in [5, 5.41) is 20.2. The predicted molar refractivity (Wildman–Crippen MR) is 78.5 cm³/mol. The average Bonchev–Trinajstić information content (AvgIpc) is 3.07. The van der Waals surface area contributed by atoms with E-state index >= 15 is 0 Å². The Bertz CT molecular complexity index is 950. The van der Waals surface area contributed by atoms with E-state index in [4.69, 9.17) is 16.3 Å². The molecule has 1 unspecified atom stereocenters. The number of aromatic nitrogens is 4. The minimum absolute atomic E-state index is 0. The van der Waals surface area contributed by atoms with Crippen molar-refractivity contribution in [1.82, 2.24) is 19.5 Å².